The maximum Gasteiger partial charge on any atom is 0.318 e. The van der Waals surface area contributed by atoms with Crippen LogP contribution in [0.5, 0.6) is 0 Å². The lowest BCUT2D eigenvalue weighted by atomic mass is 10.2. The van der Waals surface area contributed by atoms with Gasteiger partial charge in [-0.3, -0.25) is 4.79 Å². The van der Waals surface area contributed by atoms with E-state index in [2.05, 4.69) is 10.6 Å². The van der Waals surface area contributed by atoms with E-state index >= 15 is 0 Å². The van der Waals surface area contributed by atoms with Crippen molar-refractivity contribution in [2.24, 2.45) is 0 Å². The van der Waals surface area contributed by atoms with E-state index in [-0.39, 0.29) is 17.8 Å². The van der Waals surface area contributed by atoms with Gasteiger partial charge in [0.05, 0.1) is 6.54 Å². The van der Waals surface area contributed by atoms with Crippen molar-refractivity contribution < 1.29 is 14.0 Å². The first-order valence-corrected chi connectivity index (χ1v) is 7.86. The monoisotopic (exact) mass is 321 g/mol. The van der Waals surface area contributed by atoms with Crippen molar-refractivity contribution in [3.05, 3.63) is 35.0 Å². The Kier molecular flexibility index (Phi) is 3.98. The van der Waals surface area contributed by atoms with Gasteiger partial charge >= 0.3 is 6.03 Å². The molecule has 7 heteroatoms. The molecule has 1 aromatic carbocycles. The van der Waals surface area contributed by atoms with Gasteiger partial charge in [-0.25, -0.2) is 9.18 Å². The number of halogens is 1. The third-order valence-corrected chi connectivity index (χ3v) is 4.82. The second kappa shape index (κ2) is 5.92. The largest absolute Gasteiger partial charge is 0.353 e. The summed E-state index contributed by atoms with van der Waals surface area (Å²) < 4.78 is 14.2. The Labute approximate surface area is 131 Å². The first kappa shape index (κ1) is 14.8. The van der Waals surface area contributed by atoms with Crippen molar-refractivity contribution >= 4 is 33.4 Å². The van der Waals surface area contributed by atoms with Crippen molar-refractivity contribution in [2.45, 2.75) is 19.5 Å². The summed E-state index contributed by atoms with van der Waals surface area (Å²) in [5, 5.41) is 6.37. The molecular formula is C15H16FN3O2S. The molecule has 1 atom stereocenters. The molecule has 0 aliphatic carbocycles. The third kappa shape index (κ3) is 2.89. The van der Waals surface area contributed by atoms with Gasteiger partial charge in [-0.1, -0.05) is 0 Å². The molecule has 1 aliphatic heterocycles. The molecule has 0 saturated carbocycles. The number of nitrogens with one attached hydrogen (secondary N) is 2. The number of thiophene rings is 1. The molecular weight excluding hydrogens is 305 g/mol. The van der Waals surface area contributed by atoms with Crippen LogP contribution < -0.4 is 10.6 Å². The lowest BCUT2D eigenvalue weighted by Crippen LogP contribution is -2.58. The average Bonchev–Trinajstić information content (AvgIpc) is 2.89. The zero-order valence-electron chi connectivity index (χ0n) is 12.1. The van der Waals surface area contributed by atoms with E-state index in [0.717, 1.165) is 15.0 Å². The van der Waals surface area contributed by atoms with Crippen molar-refractivity contribution in [3.63, 3.8) is 0 Å². The predicted molar refractivity (Wildman–Crippen MR) is 83.2 cm³/mol. The van der Waals surface area contributed by atoms with Crippen LogP contribution in [0.4, 0.5) is 9.18 Å². The minimum Gasteiger partial charge on any atom is -0.353 e. The molecule has 5 nitrogen and oxygen atoms in total. The summed E-state index contributed by atoms with van der Waals surface area (Å²) in [4.78, 5) is 26.2. The predicted octanol–water partition coefficient (Wildman–Crippen LogP) is 2.07. The first-order valence-electron chi connectivity index (χ1n) is 7.05. The van der Waals surface area contributed by atoms with E-state index in [1.807, 2.05) is 6.07 Å². The molecule has 1 unspecified atom stereocenters. The summed E-state index contributed by atoms with van der Waals surface area (Å²) >= 11 is 1.52. The van der Waals surface area contributed by atoms with Gasteiger partial charge in [-0.05, 0) is 36.6 Å². The number of carbonyl (C=O) groups is 2. The number of urea groups is 1. The van der Waals surface area contributed by atoms with Crippen LogP contribution in [0.3, 0.4) is 0 Å². The Morgan fingerprint density at radius 3 is 3.14 bits per heavy atom. The van der Waals surface area contributed by atoms with E-state index in [9.17, 15) is 14.0 Å². The van der Waals surface area contributed by atoms with Crippen LogP contribution in [0, 0.1) is 5.82 Å². The highest BCUT2D eigenvalue weighted by Gasteiger charge is 2.28. The summed E-state index contributed by atoms with van der Waals surface area (Å²) in [6.07, 6.45) is 0. The van der Waals surface area contributed by atoms with E-state index in [1.165, 1.54) is 28.4 Å². The number of nitrogens with zero attached hydrogens (tertiary/aromatic N) is 1. The second-order valence-electron chi connectivity index (χ2n) is 5.21. The summed E-state index contributed by atoms with van der Waals surface area (Å²) in [7, 11) is 0. The summed E-state index contributed by atoms with van der Waals surface area (Å²) in [6, 6.07) is 5.79. The Morgan fingerprint density at radius 2 is 2.32 bits per heavy atom. The Hall–Kier alpha value is -2.15. The minimum atomic E-state index is -0.467. The van der Waals surface area contributed by atoms with Crippen LogP contribution in [0.25, 0.3) is 10.1 Å². The lowest BCUT2D eigenvalue weighted by Gasteiger charge is -2.32. The summed E-state index contributed by atoms with van der Waals surface area (Å²) in [5.41, 5.74) is 0. The number of amides is 3. The molecule has 1 fully saturated rings. The number of benzene rings is 1. The van der Waals surface area contributed by atoms with Crippen LogP contribution in [-0.4, -0.2) is 36.0 Å². The maximum atomic E-state index is 13.2. The standard InChI is InChI=1S/C15H16FN3O2S/c1-9-14(20)17-4-5-19(9)15(21)18-8-12-7-10-6-11(16)2-3-13(10)22-12/h2-3,6-7,9H,4-5,8H2,1H3,(H,17,20)(H,18,21). The number of hydrogen-bond donors (Lipinski definition) is 2. The minimum absolute atomic E-state index is 0.140. The van der Waals surface area contributed by atoms with E-state index in [0.29, 0.717) is 19.6 Å². The molecule has 22 heavy (non-hydrogen) atoms. The second-order valence-corrected chi connectivity index (χ2v) is 6.38. The maximum absolute atomic E-state index is 13.2. The first-order chi connectivity index (χ1) is 10.5. The quantitative estimate of drug-likeness (QED) is 0.889. The van der Waals surface area contributed by atoms with Gasteiger partial charge < -0.3 is 15.5 Å². The Morgan fingerprint density at radius 1 is 1.50 bits per heavy atom. The lowest BCUT2D eigenvalue weighted by molar-refractivity contribution is -0.126. The van der Waals surface area contributed by atoms with Gasteiger partial charge in [0.25, 0.3) is 0 Å². The van der Waals surface area contributed by atoms with Crippen LogP contribution in [0.1, 0.15) is 11.8 Å². The molecule has 3 amide bonds. The molecule has 0 radical (unpaired) electrons. The van der Waals surface area contributed by atoms with E-state index < -0.39 is 6.04 Å². The molecule has 1 saturated heterocycles. The van der Waals surface area contributed by atoms with Crippen LogP contribution in [0.15, 0.2) is 24.3 Å². The number of rotatable bonds is 2. The van der Waals surface area contributed by atoms with Crippen LogP contribution in [-0.2, 0) is 11.3 Å². The summed E-state index contributed by atoms with van der Waals surface area (Å²) in [6.45, 7) is 3.04. The molecule has 2 aromatic rings. The fraction of sp³-hybridized carbons (Fsp3) is 0.333. The highest BCUT2D eigenvalue weighted by Crippen LogP contribution is 2.26. The number of carbonyl (C=O) groups excluding carboxylic acids is 2. The Balaban J connectivity index is 1.65. The highest BCUT2D eigenvalue weighted by molar-refractivity contribution is 7.19. The van der Waals surface area contributed by atoms with E-state index in [1.54, 1.807) is 13.0 Å². The van der Waals surface area contributed by atoms with Gasteiger partial charge in [0, 0.05) is 22.7 Å². The summed E-state index contributed by atoms with van der Waals surface area (Å²) in [5.74, 6) is -0.409. The molecule has 1 aliphatic rings. The topological polar surface area (TPSA) is 61.4 Å². The fourth-order valence-corrected chi connectivity index (χ4v) is 3.46. The smallest absolute Gasteiger partial charge is 0.318 e. The van der Waals surface area contributed by atoms with E-state index in [4.69, 9.17) is 0 Å². The highest BCUT2D eigenvalue weighted by atomic mass is 32.1. The van der Waals surface area contributed by atoms with Crippen molar-refractivity contribution in [1.82, 2.24) is 15.5 Å². The van der Waals surface area contributed by atoms with Crippen LogP contribution in [0.2, 0.25) is 0 Å². The number of piperazine rings is 1. The third-order valence-electron chi connectivity index (χ3n) is 3.70. The number of fused-ring (bicyclic) bond motifs is 1. The SMILES string of the molecule is CC1C(=O)NCCN1C(=O)NCc1cc2cc(F)ccc2s1. The van der Waals surface area contributed by atoms with Crippen LogP contribution >= 0.6 is 11.3 Å². The van der Waals surface area contributed by atoms with Gasteiger partial charge in [0.15, 0.2) is 0 Å². The van der Waals surface area contributed by atoms with Crippen molar-refractivity contribution in [2.75, 3.05) is 13.1 Å². The average molecular weight is 321 g/mol. The number of hydrogen-bond acceptors (Lipinski definition) is 3. The molecule has 116 valence electrons. The molecule has 3 rings (SSSR count). The molecule has 1 aromatic heterocycles. The van der Waals surface area contributed by atoms with Gasteiger partial charge in [-0.2, -0.15) is 0 Å². The molecule has 0 spiro atoms. The Bertz CT molecular complexity index is 731. The normalized spacial score (nSPS) is 18.4. The van der Waals surface area contributed by atoms with Crippen molar-refractivity contribution in [1.29, 1.82) is 0 Å². The molecule has 2 heterocycles. The van der Waals surface area contributed by atoms with Gasteiger partial charge in [0.2, 0.25) is 5.91 Å². The van der Waals surface area contributed by atoms with Gasteiger partial charge in [-0.15, -0.1) is 11.3 Å². The fourth-order valence-electron chi connectivity index (χ4n) is 2.48. The zero-order valence-corrected chi connectivity index (χ0v) is 12.9. The van der Waals surface area contributed by atoms with Gasteiger partial charge in [0.1, 0.15) is 11.9 Å². The molecule has 0 bridgehead atoms. The van der Waals surface area contributed by atoms with Crippen molar-refractivity contribution in [3.8, 4) is 0 Å². The molecule has 2 N–H and O–H groups in total. The zero-order chi connectivity index (χ0) is 15.7.